The molecule has 0 amide bonds. The molecule has 2 nitrogen and oxygen atoms in total. The van der Waals surface area contributed by atoms with Crippen molar-refractivity contribution in [3.63, 3.8) is 0 Å². The molecule has 0 saturated carbocycles. The molecule has 1 N–H and O–H groups in total. The third kappa shape index (κ3) is 2.37. The fourth-order valence-corrected chi connectivity index (χ4v) is 2.06. The van der Waals surface area contributed by atoms with Crippen LogP contribution in [0.15, 0.2) is 49.2 Å². The number of pyridine rings is 1. The van der Waals surface area contributed by atoms with Crippen LogP contribution in [-0.2, 0) is 5.60 Å². The second-order valence-electron chi connectivity index (χ2n) is 4.48. The maximum Gasteiger partial charge on any atom is 0.0892 e. The topological polar surface area (TPSA) is 33.1 Å². The lowest BCUT2D eigenvalue weighted by atomic mass is 9.89. The first-order valence-corrected chi connectivity index (χ1v) is 5.82. The first-order valence-electron chi connectivity index (χ1n) is 5.82. The Morgan fingerprint density at radius 1 is 1.35 bits per heavy atom. The number of aliphatic hydroxyl groups is 1. The van der Waals surface area contributed by atoms with E-state index in [1.807, 2.05) is 43.3 Å². The van der Waals surface area contributed by atoms with Gasteiger partial charge in [0.2, 0.25) is 0 Å². The summed E-state index contributed by atoms with van der Waals surface area (Å²) in [5, 5.41) is 11.6. The van der Waals surface area contributed by atoms with Gasteiger partial charge in [0.05, 0.1) is 11.1 Å². The van der Waals surface area contributed by atoms with E-state index in [2.05, 4.69) is 11.6 Å². The second-order valence-corrected chi connectivity index (χ2v) is 4.48. The van der Waals surface area contributed by atoms with Crippen LogP contribution in [0.25, 0.3) is 10.9 Å². The lowest BCUT2D eigenvalue weighted by Gasteiger charge is -2.24. The van der Waals surface area contributed by atoms with Gasteiger partial charge in [0.15, 0.2) is 0 Å². The lowest BCUT2D eigenvalue weighted by molar-refractivity contribution is 0.0502. The monoisotopic (exact) mass is 227 g/mol. The number of nitrogens with zero attached hydrogens (tertiary/aromatic N) is 1. The van der Waals surface area contributed by atoms with E-state index in [0.29, 0.717) is 6.42 Å². The van der Waals surface area contributed by atoms with Crippen LogP contribution in [0.4, 0.5) is 0 Å². The Kier molecular flexibility index (Phi) is 3.25. The normalized spacial score (nSPS) is 14.5. The molecule has 0 spiro atoms. The maximum atomic E-state index is 10.5. The molecule has 1 heterocycles. The Balaban J connectivity index is 2.50. The summed E-state index contributed by atoms with van der Waals surface area (Å²) >= 11 is 0. The van der Waals surface area contributed by atoms with Crippen LogP contribution in [0.3, 0.4) is 0 Å². The zero-order chi connectivity index (χ0) is 12.3. The van der Waals surface area contributed by atoms with Gasteiger partial charge in [-0.2, -0.15) is 0 Å². The van der Waals surface area contributed by atoms with E-state index in [4.69, 9.17) is 0 Å². The van der Waals surface area contributed by atoms with Crippen LogP contribution in [0.5, 0.6) is 0 Å². The van der Waals surface area contributed by atoms with E-state index in [1.165, 1.54) is 0 Å². The van der Waals surface area contributed by atoms with Gasteiger partial charge in [-0.05, 0) is 25.8 Å². The van der Waals surface area contributed by atoms with Crippen molar-refractivity contribution in [2.45, 2.75) is 25.4 Å². The number of fused-ring (bicyclic) bond motifs is 1. The number of aromatic nitrogens is 1. The van der Waals surface area contributed by atoms with Gasteiger partial charge in [-0.3, -0.25) is 4.98 Å². The minimum Gasteiger partial charge on any atom is -0.385 e. The maximum absolute atomic E-state index is 10.5. The first kappa shape index (κ1) is 11.8. The van der Waals surface area contributed by atoms with E-state index < -0.39 is 5.60 Å². The van der Waals surface area contributed by atoms with Crippen LogP contribution >= 0.6 is 0 Å². The molecule has 17 heavy (non-hydrogen) atoms. The molecule has 88 valence electrons. The number of rotatable bonds is 4. The minimum absolute atomic E-state index is 0.659. The molecular weight excluding hydrogens is 210 g/mol. The largest absolute Gasteiger partial charge is 0.385 e. The molecule has 0 aliphatic heterocycles. The Labute approximate surface area is 102 Å². The molecule has 0 bridgehead atoms. The predicted molar refractivity (Wildman–Crippen MR) is 70.7 cm³/mol. The SMILES string of the molecule is C=CCCC(C)(O)c1cccc2cccnc12. The highest BCUT2D eigenvalue weighted by Crippen LogP contribution is 2.30. The smallest absolute Gasteiger partial charge is 0.0892 e. The summed E-state index contributed by atoms with van der Waals surface area (Å²) in [5.41, 5.74) is 0.906. The standard InChI is InChI=1S/C15H17NO/c1-3-4-10-15(2,17)13-9-5-7-12-8-6-11-16-14(12)13/h3,5-9,11,17H,1,4,10H2,2H3. The fourth-order valence-electron chi connectivity index (χ4n) is 2.06. The molecular formula is C15H17NO. The summed E-state index contributed by atoms with van der Waals surface area (Å²) in [5.74, 6) is 0. The minimum atomic E-state index is -0.859. The van der Waals surface area contributed by atoms with Gasteiger partial charge in [-0.15, -0.1) is 6.58 Å². The molecule has 0 saturated heterocycles. The van der Waals surface area contributed by atoms with E-state index in [1.54, 1.807) is 6.20 Å². The molecule has 1 atom stereocenters. The van der Waals surface area contributed by atoms with Crippen LogP contribution < -0.4 is 0 Å². The third-order valence-electron chi connectivity index (χ3n) is 3.05. The zero-order valence-electron chi connectivity index (χ0n) is 10.1. The summed E-state index contributed by atoms with van der Waals surface area (Å²) in [7, 11) is 0. The quantitative estimate of drug-likeness (QED) is 0.812. The van der Waals surface area contributed by atoms with Crippen LogP contribution in [0.1, 0.15) is 25.3 Å². The van der Waals surface area contributed by atoms with Gasteiger partial charge in [0.25, 0.3) is 0 Å². The van der Waals surface area contributed by atoms with Crippen LogP contribution in [0, 0.1) is 0 Å². The number of para-hydroxylation sites is 1. The Morgan fingerprint density at radius 2 is 2.12 bits per heavy atom. The Hall–Kier alpha value is -1.67. The molecule has 2 aromatic rings. The van der Waals surface area contributed by atoms with Crippen molar-refractivity contribution in [2.75, 3.05) is 0 Å². The van der Waals surface area contributed by atoms with E-state index >= 15 is 0 Å². The molecule has 0 aliphatic carbocycles. The van der Waals surface area contributed by atoms with E-state index in [-0.39, 0.29) is 0 Å². The average Bonchev–Trinajstić information content (AvgIpc) is 2.36. The zero-order valence-corrected chi connectivity index (χ0v) is 10.1. The fraction of sp³-hybridized carbons (Fsp3) is 0.267. The summed E-state index contributed by atoms with van der Waals surface area (Å²) in [6.45, 7) is 5.53. The van der Waals surface area contributed by atoms with E-state index in [9.17, 15) is 5.11 Å². The Bertz CT molecular complexity index is 526. The predicted octanol–water partition coefficient (Wildman–Crippen LogP) is 3.41. The van der Waals surface area contributed by atoms with Crippen molar-refractivity contribution < 1.29 is 5.11 Å². The van der Waals surface area contributed by atoms with Gasteiger partial charge in [-0.1, -0.05) is 30.3 Å². The molecule has 0 aliphatic rings. The van der Waals surface area contributed by atoms with Gasteiger partial charge in [-0.25, -0.2) is 0 Å². The van der Waals surface area contributed by atoms with E-state index in [0.717, 1.165) is 22.9 Å². The lowest BCUT2D eigenvalue weighted by Crippen LogP contribution is -2.21. The van der Waals surface area contributed by atoms with Gasteiger partial charge >= 0.3 is 0 Å². The first-order chi connectivity index (χ1) is 8.15. The molecule has 2 rings (SSSR count). The number of benzene rings is 1. The summed E-state index contributed by atoms with van der Waals surface area (Å²) in [6.07, 6.45) is 5.03. The number of allylic oxidation sites excluding steroid dienone is 1. The molecule has 0 radical (unpaired) electrons. The molecule has 0 fully saturated rings. The highest BCUT2D eigenvalue weighted by molar-refractivity contribution is 5.82. The third-order valence-corrected chi connectivity index (χ3v) is 3.05. The molecule has 2 heteroatoms. The summed E-state index contributed by atoms with van der Waals surface area (Å²) in [4.78, 5) is 4.37. The van der Waals surface area contributed by atoms with Crippen molar-refractivity contribution >= 4 is 10.9 Å². The summed E-state index contributed by atoms with van der Waals surface area (Å²) in [6, 6.07) is 9.83. The second kappa shape index (κ2) is 4.68. The highest BCUT2D eigenvalue weighted by Gasteiger charge is 2.24. The number of hydrogen-bond donors (Lipinski definition) is 1. The van der Waals surface area contributed by atoms with Crippen molar-refractivity contribution in [3.05, 3.63) is 54.7 Å². The van der Waals surface area contributed by atoms with Gasteiger partial charge in [0, 0.05) is 17.1 Å². The summed E-state index contributed by atoms with van der Waals surface area (Å²) < 4.78 is 0. The van der Waals surface area contributed by atoms with Crippen molar-refractivity contribution in [3.8, 4) is 0 Å². The number of hydrogen-bond acceptors (Lipinski definition) is 2. The van der Waals surface area contributed by atoms with Crippen molar-refractivity contribution in [1.29, 1.82) is 0 Å². The molecule has 1 unspecified atom stereocenters. The molecule has 1 aromatic heterocycles. The van der Waals surface area contributed by atoms with Crippen LogP contribution in [0.2, 0.25) is 0 Å². The van der Waals surface area contributed by atoms with Gasteiger partial charge < -0.3 is 5.11 Å². The van der Waals surface area contributed by atoms with Gasteiger partial charge in [0.1, 0.15) is 0 Å². The van der Waals surface area contributed by atoms with Crippen molar-refractivity contribution in [2.24, 2.45) is 0 Å². The molecule has 1 aromatic carbocycles. The van der Waals surface area contributed by atoms with Crippen molar-refractivity contribution in [1.82, 2.24) is 4.98 Å². The Morgan fingerprint density at radius 3 is 2.88 bits per heavy atom. The van der Waals surface area contributed by atoms with Crippen LogP contribution in [-0.4, -0.2) is 10.1 Å². The highest BCUT2D eigenvalue weighted by atomic mass is 16.3. The average molecular weight is 227 g/mol.